The second-order valence-electron chi connectivity index (χ2n) is 11.4. The SMILES string of the molecule is CCOc1cc(C(=O)N2CCC3(CC2)CC(=O)c2cc(-c4cnn(C)c4)ccc2O3)cc(OCC)c1-c1cccc(C(=O)[O-])c1.[Na+]. The van der Waals surface area contributed by atoms with Gasteiger partial charge in [-0.05, 0) is 60.9 Å². The van der Waals surface area contributed by atoms with E-state index >= 15 is 0 Å². The zero-order valence-electron chi connectivity index (χ0n) is 26.5. The fraction of sp³-hybridized carbons (Fsp3) is 0.314. The second-order valence-corrected chi connectivity index (χ2v) is 11.4. The molecule has 1 aromatic heterocycles. The van der Waals surface area contributed by atoms with E-state index in [4.69, 9.17) is 14.2 Å². The van der Waals surface area contributed by atoms with Crippen LogP contribution in [0, 0.1) is 0 Å². The molecule has 1 spiro atoms. The van der Waals surface area contributed by atoms with Gasteiger partial charge in [0.05, 0.1) is 42.9 Å². The van der Waals surface area contributed by atoms with Crippen LogP contribution in [0.3, 0.4) is 0 Å². The minimum atomic E-state index is -1.29. The van der Waals surface area contributed by atoms with E-state index < -0.39 is 11.6 Å². The standard InChI is InChI=1S/C35H35N3O7.Na/c1-4-43-30-17-25(18-31(44-5-2)32(30)23-7-6-8-24(15-23)34(41)42)33(40)38-13-11-35(12-14-38)19-28(39)27-16-22(9-10-29(27)45-35)26-20-36-37(3)21-26;/h6-10,15-18,20-21H,4-5,11-14,19H2,1-3H3,(H,41,42);/q;+1/p-1. The van der Waals surface area contributed by atoms with Crippen molar-refractivity contribution in [1.82, 2.24) is 14.7 Å². The van der Waals surface area contributed by atoms with E-state index in [2.05, 4.69) is 5.10 Å². The van der Waals surface area contributed by atoms with E-state index in [0.29, 0.717) is 78.6 Å². The first kappa shape index (κ1) is 33.2. The maximum absolute atomic E-state index is 13.8. The molecular formula is C35H34N3NaO7. The van der Waals surface area contributed by atoms with Crippen LogP contribution in [0.1, 0.15) is 64.2 Å². The summed E-state index contributed by atoms with van der Waals surface area (Å²) >= 11 is 0. The molecule has 3 aromatic carbocycles. The van der Waals surface area contributed by atoms with Gasteiger partial charge in [-0.3, -0.25) is 14.3 Å². The molecule has 2 aliphatic rings. The molecule has 10 nitrogen and oxygen atoms in total. The number of carboxylic acids is 1. The molecule has 0 bridgehead atoms. The van der Waals surface area contributed by atoms with E-state index in [9.17, 15) is 19.5 Å². The maximum Gasteiger partial charge on any atom is 1.00 e. The number of aromatic carboxylic acids is 1. The molecule has 0 unspecified atom stereocenters. The number of carbonyl (C=O) groups excluding carboxylic acids is 3. The summed E-state index contributed by atoms with van der Waals surface area (Å²) in [5.74, 6) is -0.0458. The van der Waals surface area contributed by atoms with Crippen molar-refractivity contribution in [2.75, 3.05) is 26.3 Å². The number of hydrogen-bond donors (Lipinski definition) is 0. The summed E-state index contributed by atoms with van der Waals surface area (Å²) in [6, 6.07) is 15.4. The molecule has 6 rings (SSSR count). The third kappa shape index (κ3) is 6.56. The summed E-state index contributed by atoms with van der Waals surface area (Å²) < 4.78 is 20.1. The van der Waals surface area contributed by atoms with Gasteiger partial charge in [0.15, 0.2) is 5.78 Å². The van der Waals surface area contributed by atoms with Crippen molar-refractivity contribution in [1.29, 1.82) is 0 Å². The van der Waals surface area contributed by atoms with Gasteiger partial charge < -0.3 is 29.0 Å². The van der Waals surface area contributed by atoms with Gasteiger partial charge in [-0.2, -0.15) is 5.10 Å². The molecule has 4 aromatic rings. The number of aryl methyl sites for hydroxylation is 1. The summed E-state index contributed by atoms with van der Waals surface area (Å²) in [5.41, 5.74) is 3.30. The van der Waals surface area contributed by atoms with E-state index in [0.717, 1.165) is 11.1 Å². The van der Waals surface area contributed by atoms with E-state index in [1.165, 1.54) is 12.1 Å². The number of carbonyl (C=O) groups is 3. The first-order valence-electron chi connectivity index (χ1n) is 15.1. The van der Waals surface area contributed by atoms with Crippen molar-refractivity contribution in [3.05, 3.63) is 83.7 Å². The number of ketones is 1. The average Bonchev–Trinajstić information content (AvgIpc) is 3.47. The number of ether oxygens (including phenoxy) is 3. The van der Waals surface area contributed by atoms with Crippen LogP contribution in [-0.2, 0) is 7.05 Å². The summed E-state index contributed by atoms with van der Waals surface area (Å²) in [6.07, 6.45) is 4.95. The molecule has 1 fully saturated rings. The Morgan fingerprint density at radius 3 is 2.24 bits per heavy atom. The zero-order valence-corrected chi connectivity index (χ0v) is 28.5. The van der Waals surface area contributed by atoms with E-state index in [1.54, 1.807) is 40.0 Å². The average molecular weight is 632 g/mol. The van der Waals surface area contributed by atoms with Crippen LogP contribution in [0.15, 0.2) is 67.0 Å². The molecule has 0 N–H and O–H groups in total. The summed E-state index contributed by atoms with van der Waals surface area (Å²) in [7, 11) is 1.85. The summed E-state index contributed by atoms with van der Waals surface area (Å²) in [6.45, 7) is 5.17. The van der Waals surface area contributed by atoms with Crippen LogP contribution in [-0.4, -0.2) is 64.2 Å². The second kappa shape index (κ2) is 13.7. The number of amides is 1. The first-order chi connectivity index (χ1) is 21.7. The quantitative estimate of drug-likeness (QED) is 0.269. The Balaban J connectivity index is 0.00000417. The molecule has 11 heteroatoms. The zero-order chi connectivity index (χ0) is 31.7. The Bertz CT molecular complexity index is 1770. The van der Waals surface area contributed by atoms with Crippen LogP contribution in [0.4, 0.5) is 0 Å². The molecule has 2 aliphatic heterocycles. The van der Waals surface area contributed by atoms with Crippen LogP contribution in [0.5, 0.6) is 17.2 Å². The molecule has 0 radical (unpaired) electrons. The third-order valence-corrected chi connectivity index (χ3v) is 8.39. The summed E-state index contributed by atoms with van der Waals surface area (Å²) in [5, 5.41) is 15.8. The number of Topliss-reactive ketones (excluding diaryl/α,β-unsaturated/α-hetero) is 1. The molecule has 0 aliphatic carbocycles. The number of piperidine rings is 1. The van der Waals surface area contributed by atoms with Crippen molar-refractivity contribution < 1.29 is 63.3 Å². The number of aromatic nitrogens is 2. The third-order valence-electron chi connectivity index (χ3n) is 8.39. The van der Waals surface area contributed by atoms with Gasteiger partial charge in [-0.15, -0.1) is 0 Å². The Morgan fingerprint density at radius 1 is 0.935 bits per heavy atom. The van der Waals surface area contributed by atoms with E-state index in [-0.39, 0.29) is 53.2 Å². The van der Waals surface area contributed by atoms with E-state index in [1.807, 2.05) is 45.3 Å². The van der Waals surface area contributed by atoms with Gasteiger partial charge >= 0.3 is 29.6 Å². The Kier molecular flexibility index (Phi) is 9.91. The molecule has 232 valence electrons. The van der Waals surface area contributed by atoms with Gasteiger partial charge in [0.2, 0.25) is 0 Å². The molecule has 0 atom stereocenters. The molecule has 0 saturated carbocycles. The first-order valence-corrected chi connectivity index (χ1v) is 15.1. The van der Waals surface area contributed by atoms with Crippen LogP contribution < -0.4 is 48.9 Å². The van der Waals surface area contributed by atoms with Crippen LogP contribution in [0.2, 0.25) is 0 Å². The number of hydrogen-bond acceptors (Lipinski definition) is 8. The van der Waals surface area contributed by atoms with Gasteiger partial charge in [-0.1, -0.05) is 24.3 Å². The normalized spacial score (nSPS) is 15.0. The number of nitrogens with zero attached hydrogens (tertiary/aromatic N) is 3. The molecular weight excluding hydrogens is 597 g/mol. The minimum Gasteiger partial charge on any atom is -0.545 e. The predicted octanol–water partition coefficient (Wildman–Crippen LogP) is 1.56. The van der Waals surface area contributed by atoms with Crippen molar-refractivity contribution in [3.63, 3.8) is 0 Å². The van der Waals surface area contributed by atoms with Gasteiger partial charge in [0, 0.05) is 50.3 Å². The van der Waals surface area contributed by atoms with Gasteiger partial charge in [-0.25, -0.2) is 0 Å². The molecule has 1 amide bonds. The maximum atomic E-state index is 13.8. The number of rotatable bonds is 8. The van der Waals surface area contributed by atoms with Gasteiger partial charge in [0.1, 0.15) is 22.8 Å². The summed E-state index contributed by atoms with van der Waals surface area (Å²) in [4.78, 5) is 40.5. The molecule has 3 heterocycles. The van der Waals surface area contributed by atoms with Crippen molar-refractivity contribution >= 4 is 17.7 Å². The fourth-order valence-corrected chi connectivity index (χ4v) is 6.16. The number of likely N-dealkylation sites (tertiary alicyclic amines) is 1. The monoisotopic (exact) mass is 631 g/mol. The number of fused-ring (bicyclic) bond motifs is 1. The fourth-order valence-electron chi connectivity index (χ4n) is 6.16. The smallest absolute Gasteiger partial charge is 0.545 e. The van der Waals surface area contributed by atoms with Crippen LogP contribution in [0.25, 0.3) is 22.3 Å². The minimum absolute atomic E-state index is 0. The largest absolute Gasteiger partial charge is 1.00 e. The van der Waals surface area contributed by atoms with Crippen molar-refractivity contribution in [2.45, 2.75) is 38.7 Å². The Morgan fingerprint density at radius 2 is 1.63 bits per heavy atom. The topological polar surface area (TPSA) is 123 Å². The van der Waals surface area contributed by atoms with Crippen molar-refractivity contribution in [2.24, 2.45) is 7.05 Å². The van der Waals surface area contributed by atoms with Crippen molar-refractivity contribution in [3.8, 4) is 39.5 Å². The Hall–Kier alpha value is -4.12. The molecule has 46 heavy (non-hydrogen) atoms. The predicted molar refractivity (Wildman–Crippen MR) is 165 cm³/mol. The molecule has 1 saturated heterocycles. The number of carboxylic acid groups (broad SMARTS) is 1. The van der Waals surface area contributed by atoms with Gasteiger partial charge in [0.25, 0.3) is 5.91 Å². The number of benzene rings is 3. The Labute approximate surface area is 289 Å². The van der Waals surface area contributed by atoms with Crippen LogP contribution >= 0.6 is 0 Å².